The van der Waals surface area contributed by atoms with Gasteiger partial charge in [0, 0.05) is 32.8 Å². The number of rotatable bonds is 10. The Morgan fingerprint density at radius 2 is 1.74 bits per heavy atom. The van der Waals surface area contributed by atoms with Crippen LogP contribution in [0, 0.1) is 11.8 Å². The first-order valence-corrected chi connectivity index (χ1v) is 18.7. The van der Waals surface area contributed by atoms with Crippen LogP contribution in [0.15, 0.2) is 24.3 Å². The van der Waals surface area contributed by atoms with Crippen LogP contribution in [0.25, 0.3) is 0 Å². The van der Waals surface area contributed by atoms with Gasteiger partial charge in [-0.3, -0.25) is 9.59 Å². The molecule has 2 fully saturated rings. The zero-order valence-corrected chi connectivity index (χ0v) is 32.6. The summed E-state index contributed by atoms with van der Waals surface area (Å²) in [6.45, 7) is 10.2. The fourth-order valence-corrected chi connectivity index (χ4v) is 7.48. The zero-order chi connectivity index (χ0) is 39.6. The second-order valence-corrected chi connectivity index (χ2v) is 15.1. The van der Waals surface area contributed by atoms with Crippen molar-refractivity contribution < 1.29 is 68.0 Å². The molecule has 0 amide bonds. The van der Waals surface area contributed by atoms with Gasteiger partial charge in [-0.2, -0.15) is 0 Å². The predicted molar refractivity (Wildman–Crippen MR) is 191 cm³/mol. The fourth-order valence-electron chi connectivity index (χ4n) is 7.48. The topological polar surface area (TPSA) is 200 Å². The largest absolute Gasteiger partial charge is 0.462 e. The molecule has 2 saturated heterocycles. The minimum Gasteiger partial charge on any atom is -0.462 e. The van der Waals surface area contributed by atoms with E-state index in [1.807, 2.05) is 13.0 Å². The molecule has 3 heterocycles. The Hall–Kier alpha value is -2.31. The van der Waals surface area contributed by atoms with Crippen molar-refractivity contribution in [2.45, 2.75) is 165 Å². The van der Waals surface area contributed by atoms with E-state index in [-0.39, 0.29) is 31.6 Å². The Bertz CT molecular complexity index is 1230. The molecule has 0 bridgehead atoms. The zero-order valence-electron chi connectivity index (χ0n) is 32.6. The highest BCUT2D eigenvalue weighted by molar-refractivity contribution is 5.70. The summed E-state index contributed by atoms with van der Waals surface area (Å²) in [5.74, 6) is -2.14. The van der Waals surface area contributed by atoms with E-state index < -0.39 is 110 Å². The van der Waals surface area contributed by atoms with Gasteiger partial charge in [-0.25, -0.2) is 0 Å². The van der Waals surface area contributed by atoms with E-state index in [1.165, 1.54) is 7.11 Å². The summed E-state index contributed by atoms with van der Waals surface area (Å²) in [7, 11) is 4.85. The van der Waals surface area contributed by atoms with Gasteiger partial charge >= 0.3 is 11.9 Å². The molecule has 3 rings (SSSR count). The number of hydrogen-bond acceptors (Lipinski definition) is 15. The molecule has 3 aliphatic heterocycles. The number of aliphatic hydroxyl groups excluding tert-OH is 3. The van der Waals surface area contributed by atoms with Crippen molar-refractivity contribution in [2.24, 2.45) is 11.8 Å². The van der Waals surface area contributed by atoms with Crippen molar-refractivity contribution in [3.05, 3.63) is 24.3 Å². The minimum atomic E-state index is -1.47. The molecular formula is C38H63NO14. The molecule has 15 nitrogen and oxygen atoms in total. The molecule has 0 unspecified atom stereocenters. The lowest BCUT2D eigenvalue weighted by Gasteiger charge is -2.50. The molecule has 0 aromatic carbocycles. The monoisotopic (exact) mass is 757 g/mol. The third-order valence-electron chi connectivity index (χ3n) is 10.3. The molecule has 0 aromatic heterocycles. The van der Waals surface area contributed by atoms with E-state index >= 15 is 0 Å². The van der Waals surface area contributed by atoms with Crippen LogP contribution in [0.5, 0.6) is 0 Å². The molecule has 0 spiro atoms. The molecule has 15 heteroatoms. The number of cyclic esters (lactones) is 1. The standard InChI is InChI=1S/C38H63NO14/c1-10-28(43)51-36-24(5)49-30(20-38(36,6)46)52-33-23(4)50-37(32(45)31(33)39(7)8)53-34-25(16-17-40)18-21(2)26(41)15-13-11-12-14-22(3)48-29(44)19-27(42)35(34)47-9/h11-13,15,17,21-27,30-37,41-42,45-46H,10,14,16,18-20H2,1-9H3/b12-11-,15-13-/t21-,22-,23-,24+,25+,26+,27-,30+,31-,32-,33-,34+,35+,36+,37+,38-/m1/s1. The van der Waals surface area contributed by atoms with E-state index in [1.54, 1.807) is 71.8 Å². The molecule has 53 heavy (non-hydrogen) atoms. The lowest BCUT2D eigenvalue weighted by atomic mass is 9.82. The van der Waals surface area contributed by atoms with Gasteiger partial charge in [0.25, 0.3) is 0 Å². The van der Waals surface area contributed by atoms with Crippen molar-refractivity contribution in [3.63, 3.8) is 0 Å². The average molecular weight is 758 g/mol. The smallest absolute Gasteiger partial charge is 0.308 e. The van der Waals surface area contributed by atoms with Crippen molar-refractivity contribution in [1.29, 1.82) is 0 Å². The Morgan fingerprint density at radius 1 is 1.04 bits per heavy atom. The van der Waals surface area contributed by atoms with Crippen LogP contribution in [0.1, 0.15) is 80.1 Å². The fraction of sp³-hybridized carbons (Fsp3) is 0.816. The van der Waals surface area contributed by atoms with Crippen LogP contribution < -0.4 is 0 Å². The summed E-state index contributed by atoms with van der Waals surface area (Å²) in [6.07, 6.45) is -3.93. The van der Waals surface area contributed by atoms with Gasteiger partial charge in [0.05, 0.1) is 43.0 Å². The molecule has 0 radical (unpaired) electrons. The Labute approximate surface area is 313 Å². The van der Waals surface area contributed by atoms with Gasteiger partial charge in [0.2, 0.25) is 0 Å². The van der Waals surface area contributed by atoms with Gasteiger partial charge < -0.3 is 63.3 Å². The van der Waals surface area contributed by atoms with Gasteiger partial charge in [-0.15, -0.1) is 0 Å². The predicted octanol–water partition coefficient (Wildman–Crippen LogP) is 1.81. The SMILES string of the molecule is CCC(=O)O[C@H]1[C@H](C)O[C@@H](O[C@H]2[C@H](N(C)C)[C@@H](O)[C@H](O[C@H]3[C@@H](CC=O)C[C@@H](C)[C@@H](O)/C=C\C=C/C[C@@H](C)OC(=O)C[C@@H](O)[C@@H]3OC)O[C@@H]2C)C[C@@]1(C)O. The van der Waals surface area contributed by atoms with E-state index in [4.69, 9.17) is 33.2 Å². The van der Waals surface area contributed by atoms with E-state index in [9.17, 15) is 34.8 Å². The maximum absolute atomic E-state index is 12.9. The maximum Gasteiger partial charge on any atom is 0.308 e. The summed E-state index contributed by atoms with van der Waals surface area (Å²) in [6, 6.07) is -0.750. The number of hydrogen-bond donors (Lipinski definition) is 4. The first-order chi connectivity index (χ1) is 24.9. The number of ether oxygens (including phenoxy) is 7. The number of carbonyl (C=O) groups excluding carboxylic acids is 3. The number of likely N-dealkylation sites (N-methyl/N-ethyl adjacent to an activating group) is 1. The Kier molecular flexibility index (Phi) is 17.5. The van der Waals surface area contributed by atoms with Crippen LogP contribution >= 0.6 is 0 Å². The minimum absolute atomic E-state index is 0.0298. The first kappa shape index (κ1) is 45.1. The van der Waals surface area contributed by atoms with Crippen molar-refractivity contribution >= 4 is 18.2 Å². The third-order valence-corrected chi connectivity index (χ3v) is 10.3. The van der Waals surface area contributed by atoms with Gasteiger partial charge in [0.1, 0.15) is 36.3 Å². The van der Waals surface area contributed by atoms with E-state index in [2.05, 4.69) is 0 Å². The molecule has 16 atom stereocenters. The summed E-state index contributed by atoms with van der Waals surface area (Å²) in [4.78, 5) is 38.8. The van der Waals surface area contributed by atoms with Crippen LogP contribution in [-0.4, -0.2) is 150 Å². The Balaban J connectivity index is 1.92. The number of aldehydes is 1. The molecule has 4 N–H and O–H groups in total. The number of esters is 2. The average Bonchev–Trinajstić information content (AvgIpc) is 3.06. The molecule has 0 aliphatic carbocycles. The number of allylic oxidation sites excluding steroid dienone is 2. The van der Waals surface area contributed by atoms with Crippen molar-refractivity contribution in [2.75, 3.05) is 21.2 Å². The number of nitrogens with zero attached hydrogens (tertiary/aromatic N) is 1. The van der Waals surface area contributed by atoms with Gasteiger partial charge in [-0.05, 0) is 60.0 Å². The first-order valence-electron chi connectivity index (χ1n) is 18.7. The maximum atomic E-state index is 12.9. The molecule has 0 aromatic rings. The lowest BCUT2D eigenvalue weighted by Crippen LogP contribution is -2.66. The van der Waals surface area contributed by atoms with Crippen molar-refractivity contribution in [1.82, 2.24) is 4.90 Å². The van der Waals surface area contributed by atoms with E-state index in [0.717, 1.165) is 0 Å². The van der Waals surface area contributed by atoms with Crippen LogP contribution in [0.2, 0.25) is 0 Å². The van der Waals surface area contributed by atoms with Crippen molar-refractivity contribution in [3.8, 4) is 0 Å². The molecule has 0 saturated carbocycles. The Morgan fingerprint density at radius 3 is 2.34 bits per heavy atom. The summed E-state index contributed by atoms with van der Waals surface area (Å²) in [5.41, 5.74) is -1.47. The summed E-state index contributed by atoms with van der Waals surface area (Å²) >= 11 is 0. The van der Waals surface area contributed by atoms with Crippen LogP contribution in [0.3, 0.4) is 0 Å². The normalized spacial score (nSPS) is 43.4. The van der Waals surface area contributed by atoms with Gasteiger partial charge in [-0.1, -0.05) is 38.2 Å². The molecule has 3 aliphatic rings. The number of carbonyl (C=O) groups is 3. The number of methoxy groups -OCH3 is 1. The summed E-state index contributed by atoms with van der Waals surface area (Å²) < 4.78 is 42.1. The summed E-state index contributed by atoms with van der Waals surface area (Å²) in [5, 5.41) is 45.5. The third kappa shape index (κ3) is 12.3. The van der Waals surface area contributed by atoms with E-state index in [0.29, 0.717) is 12.7 Å². The highest BCUT2D eigenvalue weighted by atomic mass is 16.7. The van der Waals surface area contributed by atoms with Crippen LogP contribution in [-0.2, 0) is 47.5 Å². The lowest BCUT2D eigenvalue weighted by molar-refractivity contribution is -0.344. The number of aliphatic hydroxyl groups is 4. The highest BCUT2D eigenvalue weighted by Crippen LogP contribution is 2.37. The van der Waals surface area contributed by atoms with Crippen LogP contribution in [0.4, 0.5) is 0 Å². The van der Waals surface area contributed by atoms with Gasteiger partial charge in [0.15, 0.2) is 18.7 Å². The molecule has 304 valence electrons. The quantitative estimate of drug-likeness (QED) is 0.186. The highest BCUT2D eigenvalue weighted by Gasteiger charge is 2.52. The molecular weight excluding hydrogens is 694 g/mol. The second kappa shape index (κ2) is 20.6. The second-order valence-electron chi connectivity index (χ2n) is 15.1.